The Hall–Kier alpha value is -1.48. The van der Waals surface area contributed by atoms with Gasteiger partial charge in [0.2, 0.25) is 0 Å². The molecule has 0 fully saturated rings. The molecule has 0 spiro atoms. The third-order valence-electron chi connectivity index (χ3n) is 2.67. The zero-order valence-corrected chi connectivity index (χ0v) is 10.6. The summed E-state index contributed by atoms with van der Waals surface area (Å²) in [6.45, 7) is 4.20. The minimum Gasteiger partial charge on any atom is -0.466 e. The molecule has 17 heavy (non-hydrogen) atoms. The highest BCUT2D eigenvalue weighted by molar-refractivity contribution is 6.30. The number of carbonyl (C=O) groups is 1. The smallest absolute Gasteiger partial charge is 0.311 e. The topological polar surface area (TPSA) is 30.7 Å². The molecule has 4 heteroatoms. The second-order valence-electron chi connectivity index (χ2n) is 3.90. The highest BCUT2D eigenvalue weighted by Crippen LogP contribution is 2.20. The fraction of sp³-hybridized carbons (Fsp3) is 0.308. The van der Waals surface area contributed by atoms with Crippen molar-refractivity contribution in [3.8, 4) is 0 Å². The van der Waals surface area contributed by atoms with E-state index in [-0.39, 0.29) is 12.4 Å². The van der Waals surface area contributed by atoms with Crippen molar-refractivity contribution in [2.45, 2.75) is 20.3 Å². The lowest BCUT2D eigenvalue weighted by molar-refractivity contribution is -0.142. The van der Waals surface area contributed by atoms with Gasteiger partial charge >= 0.3 is 5.97 Å². The van der Waals surface area contributed by atoms with Crippen LogP contribution in [0.25, 0.3) is 5.52 Å². The molecule has 0 N–H and O–H groups in total. The number of rotatable bonds is 3. The first kappa shape index (κ1) is 12.0. The Labute approximate surface area is 105 Å². The van der Waals surface area contributed by atoms with Crippen LogP contribution in [0.15, 0.2) is 24.4 Å². The highest BCUT2D eigenvalue weighted by Gasteiger charge is 2.12. The van der Waals surface area contributed by atoms with Crippen molar-refractivity contribution in [1.82, 2.24) is 4.40 Å². The van der Waals surface area contributed by atoms with Crippen molar-refractivity contribution >= 4 is 23.1 Å². The van der Waals surface area contributed by atoms with Crippen LogP contribution in [0, 0.1) is 6.92 Å². The minimum absolute atomic E-state index is 0.203. The van der Waals surface area contributed by atoms with Crippen LogP contribution in [0.5, 0.6) is 0 Å². The van der Waals surface area contributed by atoms with E-state index in [0.717, 1.165) is 16.8 Å². The van der Waals surface area contributed by atoms with Gasteiger partial charge in [0, 0.05) is 22.4 Å². The second-order valence-corrected chi connectivity index (χ2v) is 4.33. The predicted octanol–water partition coefficient (Wildman–Crippen LogP) is 3.01. The molecule has 0 radical (unpaired) electrons. The van der Waals surface area contributed by atoms with E-state index in [1.54, 1.807) is 6.92 Å². The number of ether oxygens (including phenoxy) is 1. The second kappa shape index (κ2) is 4.80. The first-order chi connectivity index (χ1) is 8.11. The van der Waals surface area contributed by atoms with Crippen LogP contribution in [0.1, 0.15) is 18.2 Å². The van der Waals surface area contributed by atoms with Crippen LogP contribution in [0.3, 0.4) is 0 Å². The number of esters is 1. The van der Waals surface area contributed by atoms with Gasteiger partial charge in [-0.05, 0) is 37.6 Å². The van der Waals surface area contributed by atoms with E-state index >= 15 is 0 Å². The van der Waals surface area contributed by atoms with Gasteiger partial charge in [-0.2, -0.15) is 0 Å². The van der Waals surface area contributed by atoms with E-state index in [0.29, 0.717) is 11.6 Å². The van der Waals surface area contributed by atoms with Gasteiger partial charge in [-0.1, -0.05) is 11.6 Å². The number of carbonyl (C=O) groups excluding carboxylic acids is 1. The molecule has 0 aromatic carbocycles. The number of aryl methyl sites for hydroxylation is 1. The van der Waals surface area contributed by atoms with Gasteiger partial charge in [-0.25, -0.2) is 0 Å². The van der Waals surface area contributed by atoms with Gasteiger partial charge in [0.15, 0.2) is 0 Å². The van der Waals surface area contributed by atoms with E-state index in [1.807, 2.05) is 35.7 Å². The van der Waals surface area contributed by atoms with Gasteiger partial charge < -0.3 is 9.14 Å². The van der Waals surface area contributed by atoms with E-state index < -0.39 is 0 Å². The molecule has 0 atom stereocenters. The van der Waals surface area contributed by atoms with Crippen LogP contribution in [-0.2, 0) is 16.0 Å². The normalized spacial score (nSPS) is 10.8. The summed E-state index contributed by atoms with van der Waals surface area (Å²) in [6.07, 6.45) is 2.16. The Morgan fingerprint density at radius 1 is 1.47 bits per heavy atom. The SMILES string of the molecule is CCOC(=O)Cc1c(C)cc2cc(Cl)ccn12. The van der Waals surface area contributed by atoms with E-state index in [9.17, 15) is 4.79 Å². The summed E-state index contributed by atoms with van der Waals surface area (Å²) in [4.78, 5) is 11.5. The summed E-state index contributed by atoms with van der Waals surface area (Å²) in [5.41, 5.74) is 3.02. The highest BCUT2D eigenvalue weighted by atomic mass is 35.5. The maximum absolute atomic E-state index is 11.5. The van der Waals surface area contributed by atoms with Crippen LogP contribution in [-0.4, -0.2) is 17.0 Å². The van der Waals surface area contributed by atoms with Crippen molar-refractivity contribution in [3.63, 3.8) is 0 Å². The molecule has 3 nitrogen and oxygen atoms in total. The van der Waals surface area contributed by atoms with Crippen LogP contribution < -0.4 is 0 Å². The summed E-state index contributed by atoms with van der Waals surface area (Å²) in [6, 6.07) is 5.70. The molecule has 0 aliphatic heterocycles. The summed E-state index contributed by atoms with van der Waals surface area (Å²) < 4.78 is 6.93. The number of halogens is 1. The van der Waals surface area contributed by atoms with Crippen molar-refractivity contribution < 1.29 is 9.53 Å². The van der Waals surface area contributed by atoms with Crippen molar-refractivity contribution in [3.05, 3.63) is 40.7 Å². The molecule has 0 saturated carbocycles. The molecule has 2 aromatic heterocycles. The van der Waals surface area contributed by atoms with E-state index in [2.05, 4.69) is 0 Å². The minimum atomic E-state index is -0.203. The Kier molecular flexibility index (Phi) is 3.38. The van der Waals surface area contributed by atoms with Crippen LogP contribution in [0.2, 0.25) is 5.02 Å². The summed E-state index contributed by atoms with van der Waals surface area (Å²) in [7, 11) is 0. The van der Waals surface area contributed by atoms with Gasteiger partial charge in [0.25, 0.3) is 0 Å². The maximum atomic E-state index is 11.5. The molecule has 90 valence electrons. The average Bonchev–Trinajstić information content (AvgIpc) is 2.55. The van der Waals surface area contributed by atoms with Crippen molar-refractivity contribution in [2.24, 2.45) is 0 Å². The maximum Gasteiger partial charge on any atom is 0.311 e. The Balaban J connectivity index is 2.39. The Bertz CT molecular complexity index is 560. The fourth-order valence-electron chi connectivity index (χ4n) is 1.92. The molecule has 2 heterocycles. The van der Waals surface area contributed by atoms with Gasteiger partial charge in [-0.15, -0.1) is 0 Å². The van der Waals surface area contributed by atoms with Crippen LogP contribution in [0.4, 0.5) is 0 Å². The first-order valence-electron chi connectivity index (χ1n) is 5.53. The standard InChI is InChI=1S/C13H14ClNO2/c1-3-17-13(16)8-12-9(2)6-11-7-10(14)4-5-15(11)12/h4-7H,3,8H2,1-2H3. The summed E-state index contributed by atoms with van der Waals surface area (Å²) >= 11 is 5.93. The molecule has 2 aromatic rings. The number of hydrogen-bond donors (Lipinski definition) is 0. The van der Waals surface area contributed by atoms with Gasteiger partial charge in [0.1, 0.15) is 0 Å². The molecular formula is C13H14ClNO2. The zero-order valence-electron chi connectivity index (χ0n) is 9.87. The monoisotopic (exact) mass is 251 g/mol. The van der Waals surface area contributed by atoms with Gasteiger partial charge in [0.05, 0.1) is 13.0 Å². The number of aromatic nitrogens is 1. The quantitative estimate of drug-likeness (QED) is 0.785. The fourth-order valence-corrected chi connectivity index (χ4v) is 2.08. The number of fused-ring (bicyclic) bond motifs is 1. The molecule has 0 bridgehead atoms. The molecule has 0 aliphatic rings. The lowest BCUT2D eigenvalue weighted by Crippen LogP contribution is -2.10. The number of nitrogens with zero attached hydrogens (tertiary/aromatic N) is 1. The van der Waals surface area contributed by atoms with E-state index in [4.69, 9.17) is 16.3 Å². The predicted molar refractivity (Wildman–Crippen MR) is 67.5 cm³/mol. The largest absolute Gasteiger partial charge is 0.466 e. The summed E-state index contributed by atoms with van der Waals surface area (Å²) in [5.74, 6) is -0.203. The molecule has 0 unspecified atom stereocenters. The first-order valence-corrected chi connectivity index (χ1v) is 5.91. The number of pyridine rings is 1. The van der Waals surface area contributed by atoms with Gasteiger partial charge in [-0.3, -0.25) is 4.79 Å². The third-order valence-corrected chi connectivity index (χ3v) is 2.91. The van der Waals surface area contributed by atoms with Crippen molar-refractivity contribution in [1.29, 1.82) is 0 Å². The Morgan fingerprint density at radius 3 is 2.94 bits per heavy atom. The molecule has 0 saturated heterocycles. The zero-order chi connectivity index (χ0) is 12.4. The average molecular weight is 252 g/mol. The molecule has 0 amide bonds. The Morgan fingerprint density at radius 2 is 2.24 bits per heavy atom. The lowest BCUT2D eigenvalue weighted by Gasteiger charge is -2.04. The lowest BCUT2D eigenvalue weighted by atomic mass is 10.2. The van der Waals surface area contributed by atoms with E-state index in [1.165, 1.54) is 0 Å². The molecular weight excluding hydrogens is 238 g/mol. The van der Waals surface area contributed by atoms with Crippen LogP contribution >= 0.6 is 11.6 Å². The summed E-state index contributed by atoms with van der Waals surface area (Å²) in [5, 5.41) is 0.692. The third kappa shape index (κ3) is 2.44. The number of hydrogen-bond acceptors (Lipinski definition) is 2. The van der Waals surface area contributed by atoms with Crippen molar-refractivity contribution in [2.75, 3.05) is 6.61 Å². The molecule has 0 aliphatic carbocycles. The molecule has 2 rings (SSSR count).